The monoisotopic (exact) mass is 288 g/mol. The van der Waals surface area contributed by atoms with Crippen molar-refractivity contribution in [3.63, 3.8) is 0 Å². The molecule has 0 aromatic carbocycles. The Morgan fingerprint density at radius 2 is 2.00 bits per heavy atom. The van der Waals surface area contributed by atoms with Crippen LogP contribution >= 0.6 is 0 Å². The summed E-state index contributed by atoms with van der Waals surface area (Å²) in [5.41, 5.74) is 2.74. The first-order chi connectivity index (χ1) is 10.4. The van der Waals surface area contributed by atoms with E-state index in [4.69, 9.17) is 0 Å². The van der Waals surface area contributed by atoms with Gasteiger partial charge in [0, 0.05) is 24.3 Å². The summed E-state index contributed by atoms with van der Waals surface area (Å²) in [6.07, 6.45) is 10.4. The maximum atomic E-state index is 4.68. The molecule has 1 aromatic heterocycles. The molecule has 2 aliphatic rings. The number of fused-ring (bicyclic) bond motifs is 1. The SMILES string of the molecule is CCCN(CC1CCNCC1)c1ncnc2c1CCCC2. The summed E-state index contributed by atoms with van der Waals surface area (Å²) in [6.45, 7) is 6.90. The van der Waals surface area contributed by atoms with Gasteiger partial charge in [0.05, 0.1) is 0 Å². The second kappa shape index (κ2) is 7.21. The van der Waals surface area contributed by atoms with Crippen molar-refractivity contribution >= 4 is 5.82 Å². The Balaban J connectivity index is 1.79. The van der Waals surface area contributed by atoms with Crippen molar-refractivity contribution < 1.29 is 0 Å². The third kappa shape index (κ3) is 3.54. The van der Waals surface area contributed by atoms with E-state index in [0.29, 0.717) is 0 Å². The van der Waals surface area contributed by atoms with Gasteiger partial charge in [0.2, 0.25) is 0 Å². The van der Waals surface area contributed by atoms with Crippen LogP contribution in [0.1, 0.15) is 50.3 Å². The van der Waals surface area contributed by atoms with Gasteiger partial charge in [0.15, 0.2) is 0 Å². The van der Waals surface area contributed by atoms with E-state index in [1.807, 2.05) is 0 Å². The Bertz CT molecular complexity index is 454. The number of hydrogen-bond acceptors (Lipinski definition) is 4. The highest BCUT2D eigenvalue weighted by Crippen LogP contribution is 2.28. The van der Waals surface area contributed by atoms with Crippen LogP contribution in [0.5, 0.6) is 0 Å². The largest absolute Gasteiger partial charge is 0.356 e. The number of nitrogens with zero attached hydrogens (tertiary/aromatic N) is 3. The number of aryl methyl sites for hydroxylation is 1. The highest BCUT2D eigenvalue weighted by atomic mass is 15.2. The van der Waals surface area contributed by atoms with Gasteiger partial charge in [-0.15, -0.1) is 0 Å². The maximum Gasteiger partial charge on any atom is 0.135 e. The zero-order valence-corrected chi connectivity index (χ0v) is 13.3. The Labute approximate surface area is 128 Å². The Kier molecular flexibility index (Phi) is 5.07. The van der Waals surface area contributed by atoms with Crippen molar-refractivity contribution in [1.82, 2.24) is 15.3 Å². The van der Waals surface area contributed by atoms with E-state index in [-0.39, 0.29) is 0 Å². The molecule has 0 amide bonds. The third-order valence-electron chi connectivity index (χ3n) is 4.83. The number of rotatable bonds is 5. The molecule has 0 radical (unpaired) electrons. The lowest BCUT2D eigenvalue weighted by Crippen LogP contribution is -2.37. The highest BCUT2D eigenvalue weighted by molar-refractivity contribution is 5.49. The predicted molar refractivity (Wildman–Crippen MR) is 86.8 cm³/mol. The Hall–Kier alpha value is -1.16. The van der Waals surface area contributed by atoms with Crippen molar-refractivity contribution in [2.45, 2.75) is 51.9 Å². The number of hydrogen-bond donors (Lipinski definition) is 1. The zero-order chi connectivity index (χ0) is 14.5. The first kappa shape index (κ1) is 14.8. The lowest BCUT2D eigenvalue weighted by atomic mass is 9.94. The van der Waals surface area contributed by atoms with Gasteiger partial charge in [-0.25, -0.2) is 9.97 Å². The molecule has 21 heavy (non-hydrogen) atoms. The minimum Gasteiger partial charge on any atom is -0.356 e. The van der Waals surface area contributed by atoms with Crippen LogP contribution in [0, 0.1) is 5.92 Å². The summed E-state index contributed by atoms with van der Waals surface area (Å²) < 4.78 is 0. The molecular formula is C17H28N4. The average molecular weight is 288 g/mol. The van der Waals surface area contributed by atoms with Gasteiger partial charge >= 0.3 is 0 Å². The van der Waals surface area contributed by atoms with E-state index in [1.54, 1.807) is 6.33 Å². The van der Waals surface area contributed by atoms with Crippen LogP contribution in [0.25, 0.3) is 0 Å². The molecule has 116 valence electrons. The number of aromatic nitrogens is 2. The second-order valence-electron chi connectivity index (χ2n) is 6.47. The molecule has 1 fully saturated rings. The molecular weight excluding hydrogens is 260 g/mol. The van der Waals surface area contributed by atoms with E-state index in [9.17, 15) is 0 Å². The van der Waals surface area contributed by atoms with Gasteiger partial charge < -0.3 is 10.2 Å². The minimum absolute atomic E-state index is 0.812. The number of anilines is 1. The average Bonchev–Trinajstić information content (AvgIpc) is 2.55. The summed E-state index contributed by atoms with van der Waals surface area (Å²) in [4.78, 5) is 11.7. The molecule has 4 heteroatoms. The molecule has 0 atom stereocenters. The molecule has 1 aromatic rings. The number of piperidine rings is 1. The first-order valence-corrected chi connectivity index (χ1v) is 8.67. The van der Waals surface area contributed by atoms with E-state index >= 15 is 0 Å². The topological polar surface area (TPSA) is 41.0 Å². The summed E-state index contributed by atoms with van der Waals surface area (Å²) in [6, 6.07) is 0. The summed E-state index contributed by atoms with van der Waals surface area (Å²) in [5, 5.41) is 3.47. The lowest BCUT2D eigenvalue weighted by molar-refractivity contribution is 0.372. The van der Waals surface area contributed by atoms with Gasteiger partial charge in [-0.05, 0) is 64.0 Å². The molecule has 1 aliphatic heterocycles. The molecule has 0 saturated carbocycles. The van der Waals surface area contributed by atoms with Crippen LogP contribution in [-0.2, 0) is 12.8 Å². The molecule has 2 heterocycles. The van der Waals surface area contributed by atoms with Gasteiger partial charge in [0.1, 0.15) is 12.1 Å². The van der Waals surface area contributed by atoms with E-state index < -0.39 is 0 Å². The molecule has 0 spiro atoms. The van der Waals surface area contributed by atoms with Gasteiger partial charge in [0.25, 0.3) is 0 Å². The summed E-state index contributed by atoms with van der Waals surface area (Å²) in [5.74, 6) is 2.05. The van der Waals surface area contributed by atoms with E-state index in [2.05, 4.69) is 27.1 Å². The predicted octanol–water partition coefficient (Wildman–Crippen LogP) is 2.57. The molecule has 4 nitrogen and oxygen atoms in total. The van der Waals surface area contributed by atoms with Crippen LogP contribution in [0.3, 0.4) is 0 Å². The molecule has 0 bridgehead atoms. The molecule has 1 aliphatic carbocycles. The first-order valence-electron chi connectivity index (χ1n) is 8.67. The van der Waals surface area contributed by atoms with Crippen LogP contribution in [0.4, 0.5) is 5.82 Å². The standard InChI is InChI=1S/C17H28N4/c1-2-11-21(12-14-7-9-18-10-8-14)17-15-5-3-4-6-16(15)19-13-20-17/h13-14,18H,2-12H2,1H3. The van der Waals surface area contributed by atoms with E-state index in [1.165, 1.54) is 68.8 Å². The van der Waals surface area contributed by atoms with Gasteiger partial charge in [-0.2, -0.15) is 0 Å². The summed E-state index contributed by atoms with van der Waals surface area (Å²) >= 11 is 0. The quantitative estimate of drug-likeness (QED) is 0.904. The van der Waals surface area contributed by atoms with Crippen LogP contribution in [0.2, 0.25) is 0 Å². The van der Waals surface area contributed by atoms with Crippen molar-refractivity contribution in [3.05, 3.63) is 17.6 Å². The van der Waals surface area contributed by atoms with Gasteiger partial charge in [-0.3, -0.25) is 0 Å². The smallest absolute Gasteiger partial charge is 0.135 e. The second-order valence-corrected chi connectivity index (χ2v) is 6.47. The summed E-state index contributed by atoms with van der Waals surface area (Å²) in [7, 11) is 0. The van der Waals surface area contributed by atoms with Crippen molar-refractivity contribution in [2.75, 3.05) is 31.1 Å². The fraction of sp³-hybridized carbons (Fsp3) is 0.765. The molecule has 3 rings (SSSR count). The minimum atomic E-state index is 0.812. The Morgan fingerprint density at radius 3 is 2.81 bits per heavy atom. The molecule has 0 unspecified atom stereocenters. The normalized spacial score (nSPS) is 19.3. The van der Waals surface area contributed by atoms with Crippen LogP contribution < -0.4 is 10.2 Å². The zero-order valence-electron chi connectivity index (χ0n) is 13.3. The van der Waals surface area contributed by atoms with Crippen molar-refractivity contribution in [3.8, 4) is 0 Å². The van der Waals surface area contributed by atoms with Crippen LogP contribution in [-0.4, -0.2) is 36.1 Å². The fourth-order valence-corrected chi connectivity index (χ4v) is 3.71. The van der Waals surface area contributed by atoms with Gasteiger partial charge in [-0.1, -0.05) is 6.92 Å². The van der Waals surface area contributed by atoms with Crippen LogP contribution in [0.15, 0.2) is 6.33 Å². The lowest BCUT2D eigenvalue weighted by Gasteiger charge is -2.32. The molecule has 1 N–H and O–H groups in total. The number of nitrogens with one attached hydrogen (secondary N) is 1. The fourth-order valence-electron chi connectivity index (χ4n) is 3.71. The van der Waals surface area contributed by atoms with Crippen molar-refractivity contribution in [2.24, 2.45) is 5.92 Å². The maximum absolute atomic E-state index is 4.68. The Morgan fingerprint density at radius 1 is 1.19 bits per heavy atom. The highest BCUT2D eigenvalue weighted by Gasteiger charge is 2.22. The third-order valence-corrected chi connectivity index (χ3v) is 4.83. The van der Waals surface area contributed by atoms with Crippen molar-refractivity contribution in [1.29, 1.82) is 0 Å². The van der Waals surface area contributed by atoms with E-state index in [0.717, 1.165) is 25.3 Å². The molecule has 1 saturated heterocycles.